The Morgan fingerprint density at radius 2 is 1.84 bits per heavy atom. The number of ketones is 1. The first-order chi connectivity index (χ1) is 12.0. The van der Waals surface area contributed by atoms with E-state index >= 15 is 0 Å². The number of rotatable bonds is 12. The molecule has 3 N–H and O–H groups in total. The van der Waals surface area contributed by atoms with Gasteiger partial charge in [0, 0.05) is 6.54 Å². The van der Waals surface area contributed by atoms with E-state index in [0.29, 0.717) is 13.0 Å². The molecule has 140 valence electrons. The second kappa shape index (κ2) is 11.8. The zero-order chi connectivity index (χ0) is 18.7. The van der Waals surface area contributed by atoms with E-state index in [1.54, 1.807) is 11.9 Å². The van der Waals surface area contributed by atoms with Crippen molar-refractivity contribution in [2.45, 2.75) is 58.0 Å². The molecule has 1 amide bonds. The lowest BCUT2D eigenvalue weighted by atomic mass is 9.99. The molecule has 0 aromatic heterocycles. The summed E-state index contributed by atoms with van der Waals surface area (Å²) in [5.74, 6) is -0.0858. The lowest BCUT2D eigenvalue weighted by Gasteiger charge is -2.25. The van der Waals surface area contributed by atoms with Gasteiger partial charge in [0.05, 0.1) is 18.6 Å². The van der Waals surface area contributed by atoms with E-state index in [1.165, 1.54) is 12.8 Å². The van der Waals surface area contributed by atoms with Crippen LogP contribution < -0.4 is 11.1 Å². The van der Waals surface area contributed by atoms with Crippen LogP contribution in [0.3, 0.4) is 0 Å². The van der Waals surface area contributed by atoms with Gasteiger partial charge in [-0.3, -0.25) is 14.5 Å². The summed E-state index contributed by atoms with van der Waals surface area (Å²) >= 11 is 0. The molecule has 2 atom stereocenters. The molecule has 0 heterocycles. The summed E-state index contributed by atoms with van der Waals surface area (Å²) in [7, 11) is 1.79. The predicted molar refractivity (Wildman–Crippen MR) is 102 cm³/mol. The van der Waals surface area contributed by atoms with E-state index in [2.05, 4.69) is 12.2 Å². The number of carbonyl (C=O) groups is 2. The Morgan fingerprint density at radius 3 is 2.48 bits per heavy atom. The number of Topliss-reactive ketones (excluding diaryl/α,β-unsaturated/α-hetero) is 1. The predicted octanol–water partition coefficient (Wildman–Crippen LogP) is 2.14. The van der Waals surface area contributed by atoms with Crippen molar-refractivity contribution in [1.29, 1.82) is 0 Å². The molecule has 0 aliphatic carbocycles. The largest absolute Gasteiger partial charge is 0.355 e. The van der Waals surface area contributed by atoms with Gasteiger partial charge in [-0.15, -0.1) is 0 Å². The average molecular weight is 348 g/mol. The van der Waals surface area contributed by atoms with E-state index in [0.717, 1.165) is 18.4 Å². The van der Waals surface area contributed by atoms with Crippen molar-refractivity contribution in [3.05, 3.63) is 35.9 Å². The fraction of sp³-hybridized carbons (Fsp3) is 0.600. The van der Waals surface area contributed by atoms with Crippen LogP contribution in [0.2, 0.25) is 0 Å². The van der Waals surface area contributed by atoms with E-state index in [1.807, 2.05) is 37.3 Å². The van der Waals surface area contributed by atoms with Gasteiger partial charge in [0.1, 0.15) is 0 Å². The first-order valence-corrected chi connectivity index (χ1v) is 9.25. The summed E-state index contributed by atoms with van der Waals surface area (Å²) in [5.41, 5.74) is 7.11. The summed E-state index contributed by atoms with van der Waals surface area (Å²) in [6, 6.07) is 8.80. The Labute approximate surface area is 152 Å². The summed E-state index contributed by atoms with van der Waals surface area (Å²) in [6.07, 6.45) is 5.03. The molecule has 1 rings (SSSR count). The Kier molecular flexibility index (Phi) is 10.0. The molecule has 25 heavy (non-hydrogen) atoms. The van der Waals surface area contributed by atoms with E-state index < -0.39 is 6.04 Å². The first-order valence-electron chi connectivity index (χ1n) is 9.25. The quantitative estimate of drug-likeness (QED) is 0.568. The van der Waals surface area contributed by atoms with Crippen LogP contribution in [-0.4, -0.2) is 48.8 Å². The highest BCUT2D eigenvalue weighted by atomic mass is 16.2. The third kappa shape index (κ3) is 8.27. The summed E-state index contributed by atoms with van der Waals surface area (Å²) in [4.78, 5) is 26.2. The van der Waals surface area contributed by atoms with Crippen molar-refractivity contribution in [3.63, 3.8) is 0 Å². The number of nitrogens with zero attached hydrogens (tertiary/aromatic N) is 1. The molecule has 5 nitrogen and oxygen atoms in total. The number of amides is 1. The molecule has 1 aromatic carbocycles. The van der Waals surface area contributed by atoms with Crippen LogP contribution in [-0.2, 0) is 16.0 Å². The second-order valence-corrected chi connectivity index (χ2v) is 6.70. The number of carbonyl (C=O) groups excluding carboxylic acids is 2. The lowest BCUT2D eigenvalue weighted by molar-refractivity contribution is -0.127. The molecule has 0 bridgehead atoms. The number of nitrogens with one attached hydrogen (secondary N) is 1. The highest BCUT2D eigenvalue weighted by molar-refractivity contribution is 5.89. The molecule has 0 aliphatic rings. The van der Waals surface area contributed by atoms with Crippen LogP contribution in [0.5, 0.6) is 0 Å². The minimum absolute atomic E-state index is 0.0397. The Morgan fingerprint density at radius 1 is 1.16 bits per heavy atom. The van der Waals surface area contributed by atoms with Gasteiger partial charge in [0.15, 0.2) is 5.78 Å². The van der Waals surface area contributed by atoms with Crippen molar-refractivity contribution in [1.82, 2.24) is 10.2 Å². The highest BCUT2D eigenvalue weighted by Crippen LogP contribution is 2.06. The number of unbranched alkanes of at least 4 members (excludes halogenated alkanes) is 3. The highest BCUT2D eigenvalue weighted by Gasteiger charge is 2.25. The molecule has 0 spiro atoms. The molecule has 0 saturated heterocycles. The molecule has 0 saturated carbocycles. The fourth-order valence-corrected chi connectivity index (χ4v) is 2.69. The van der Waals surface area contributed by atoms with Crippen molar-refractivity contribution in [2.75, 3.05) is 20.1 Å². The Hall–Kier alpha value is -1.72. The average Bonchev–Trinajstić information content (AvgIpc) is 2.61. The lowest BCUT2D eigenvalue weighted by Crippen LogP contribution is -2.48. The molecular formula is C20H33N3O2. The van der Waals surface area contributed by atoms with Crippen LogP contribution in [0.4, 0.5) is 0 Å². The van der Waals surface area contributed by atoms with Gasteiger partial charge in [-0.25, -0.2) is 0 Å². The van der Waals surface area contributed by atoms with Gasteiger partial charge in [-0.05, 0) is 32.4 Å². The second-order valence-electron chi connectivity index (χ2n) is 6.70. The van der Waals surface area contributed by atoms with Crippen molar-refractivity contribution in [3.8, 4) is 0 Å². The number of likely N-dealkylation sites (N-methyl/N-ethyl adjacent to an activating group) is 1. The first kappa shape index (κ1) is 21.3. The maximum atomic E-state index is 12.5. The molecule has 1 unspecified atom stereocenters. The SMILES string of the molecule is CCCCCCNC(=O)CN(C)C(C)C(=O)[C@H](N)Cc1ccccc1. The van der Waals surface area contributed by atoms with Crippen LogP contribution in [0, 0.1) is 0 Å². The minimum atomic E-state index is -0.558. The van der Waals surface area contributed by atoms with Gasteiger partial charge in [-0.1, -0.05) is 56.5 Å². The third-order valence-electron chi connectivity index (χ3n) is 4.48. The van der Waals surface area contributed by atoms with Gasteiger partial charge in [-0.2, -0.15) is 0 Å². The van der Waals surface area contributed by atoms with Gasteiger partial charge in [0.25, 0.3) is 0 Å². The zero-order valence-electron chi connectivity index (χ0n) is 15.8. The zero-order valence-corrected chi connectivity index (χ0v) is 15.8. The molecule has 1 aromatic rings. The van der Waals surface area contributed by atoms with Crippen LogP contribution in [0.15, 0.2) is 30.3 Å². The minimum Gasteiger partial charge on any atom is -0.355 e. The van der Waals surface area contributed by atoms with Crippen LogP contribution in [0.1, 0.15) is 45.1 Å². The smallest absolute Gasteiger partial charge is 0.234 e. The third-order valence-corrected chi connectivity index (χ3v) is 4.48. The maximum absolute atomic E-state index is 12.5. The molecule has 5 heteroatoms. The number of hydrogen-bond donors (Lipinski definition) is 2. The standard InChI is InChI=1S/C20H33N3O2/c1-4-5-6-10-13-22-19(24)15-23(3)16(2)20(25)18(21)14-17-11-8-7-9-12-17/h7-9,11-12,16,18H,4-6,10,13-15,21H2,1-3H3,(H,22,24)/t16?,18-/m1/s1. The monoisotopic (exact) mass is 347 g/mol. The van der Waals surface area contributed by atoms with Crippen molar-refractivity contribution in [2.24, 2.45) is 5.73 Å². The van der Waals surface area contributed by atoms with Crippen LogP contribution in [0.25, 0.3) is 0 Å². The maximum Gasteiger partial charge on any atom is 0.234 e. The summed E-state index contributed by atoms with van der Waals surface area (Å²) < 4.78 is 0. The Bertz CT molecular complexity index is 519. The number of nitrogens with two attached hydrogens (primary N) is 1. The van der Waals surface area contributed by atoms with Crippen molar-refractivity contribution >= 4 is 11.7 Å². The summed E-state index contributed by atoms with van der Waals surface area (Å²) in [5, 5.41) is 2.91. The number of hydrogen-bond acceptors (Lipinski definition) is 4. The van der Waals surface area contributed by atoms with Crippen LogP contribution >= 0.6 is 0 Å². The van der Waals surface area contributed by atoms with Gasteiger partial charge >= 0.3 is 0 Å². The number of benzene rings is 1. The molecule has 0 fully saturated rings. The van der Waals surface area contributed by atoms with E-state index in [-0.39, 0.29) is 24.3 Å². The Balaban J connectivity index is 2.37. The fourth-order valence-electron chi connectivity index (χ4n) is 2.69. The van der Waals surface area contributed by atoms with E-state index in [9.17, 15) is 9.59 Å². The van der Waals surface area contributed by atoms with E-state index in [4.69, 9.17) is 5.73 Å². The molecule has 0 radical (unpaired) electrons. The van der Waals surface area contributed by atoms with Gasteiger partial charge < -0.3 is 11.1 Å². The molecular weight excluding hydrogens is 314 g/mol. The normalized spacial score (nSPS) is 13.5. The molecule has 0 aliphatic heterocycles. The topological polar surface area (TPSA) is 75.4 Å². The summed E-state index contributed by atoms with van der Waals surface area (Å²) in [6.45, 7) is 4.87. The van der Waals surface area contributed by atoms with Crippen molar-refractivity contribution < 1.29 is 9.59 Å². The van der Waals surface area contributed by atoms with Gasteiger partial charge in [0.2, 0.25) is 5.91 Å².